The van der Waals surface area contributed by atoms with E-state index in [1.807, 2.05) is 36.4 Å². The minimum Gasteiger partial charge on any atom is -0.493 e. The van der Waals surface area contributed by atoms with E-state index in [1.54, 1.807) is 7.11 Å². The van der Waals surface area contributed by atoms with Crippen molar-refractivity contribution < 1.29 is 14.2 Å². The second-order valence-electron chi connectivity index (χ2n) is 6.32. The highest BCUT2D eigenvalue weighted by Crippen LogP contribution is 2.32. The zero-order valence-corrected chi connectivity index (χ0v) is 17.1. The van der Waals surface area contributed by atoms with Crippen LogP contribution in [0.3, 0.4) is 0 Å². The van der Waals surface area contributed by atoms with Gasteiger partial charge in [0.1, 0.15) is 6.61 Å². The lowest BCUT2D eigenvalue weighted by molar-refractivity contribution is 0.128. The first-order valence-corrected chi connectivity index (χ1v) is 9.94. The van der Waals surface area contributed by atoms with E-state index in [0.29, 0.717) is 18.2 Å². The van der Waals surface area contributed by atoms with Gasteiger partial charge in [0.2, 0.25) is 0 Å². The highest BCUT2D eigenvalue weighted by molar-refractivity contribution is 6.31. The van der Waals surface area contributed by atoms with E-state index in [2.05, 4.69) is 18.3 Å². The molecule has 0 aliphatic carbocycles. The number of unbranched alkanes of at least 4 members (excludes halogenated alkanes) is 1. The maximum absolute atomic E-state index is 6.23. The Labute approximate surface area is 167 Å². The lowest BCUT2D eigenvalue weighted by Crippen LogP contribution is -2.17. The molecule has 0 heterocycles. The molecule has 0 amide bonds. The third-order valence-electron chi connectivity index (χ3n) is 4.21. The van der Waals surface area contributed by atoms with Crippen molar-refractivity contribution >= 4 is 11.6 Å². The number of para-hydroxylation sites is 1. The van der Waals surface area contributed by atoms with Crippen molar-refractivity contribution in [2.24, 2.45) is 0 Å². The number of methoxy groups -OCH3 is 1. The Morgan fingerprint density at radius 2 is 1.74 bits per heavy atom. The first-order chi connectivity index (χ1) is 13.3. The van der Waals surface area contributed by atoms with Crippen LogP contribution in [-0.4, -0.2) is 26.9 Å². The molecule has 0 unspecified atom stereocenters. The number of nitrogens with one attached hydrogen (secondary N) is 1. The van der Waals surface area contributed by atoms with E-state index in [0.717, 1.165) is 55.2 Å². The van der Waals surface area contributed by atoms with Crippen LogP contribution in [0, 0.1) is 0 Å². The molecule has 0 aliphatic heterocycles. The van der Waals surface area contributed by atoms with Crippen LogP contribution in [-0.2, 0) is 17.9 Å². The van der Waals surface area contributed by atoms with Crippen LogP contribution in [0.25, 0.3) is 0 Å². The molecule has 2 rings (SSSR count). The molecule has 0 aromatic heterocycles. The first kappa shape index (κ1) is 21.5. The van der Waals surface area contributed by atoms with E-state index in [-0.39, 0.29) is 0 Å². The lowest BCUT2D eigenvalue weighted by atomic mass is 10.1. The van der Waals surface area contributed by atoms with E-state index in [1.165, 1.54) is 6.42 Å². The zero-order chi connectivity index (χ0) is 19.3. The summed E-state index contributed by atoms with van der Waals surface area (Å²) in [5.74, 6) is 1.48. The van der Waals surface area contributed by atoms with Gasteiger partial charge in [0.05, 0.1) is 7.11 Å². The van der Waals surface area contributed by atoms with Crippen molar-refractivity contribution in [2.45, 2.75) is 39.3 Å². The topological polar surface area (TPSA) is 39.7 Å². The quantitative estimate of drug-likeness (QED) is 0.475. The molecule has 0 saturated carbocycles. The van der Waals surface area contributed by atoms with Gasteiger partial charge in [0.15, 0.2) is 11.5 Å². The molecule has 0 saturated heterocycles. The summed E-state index contributed by atoms with van der Waals surface area (Å²) >= 11 is 6.23. The Hall–Kier alpha value is -1.75. The monoisotopic (exact) mass is 391 g/mol. The lowest BCUT2D eigenvalue weighted by Gasteiger charge is -2.16. The fourth-order valence-electron chi connectivity index (χ4n) is 2.66. The number of hydrogen-bond acceptors (Lipinski definition) is 4. The molecule has 0 atom stereocenters. The van der Waals surface area contributed by atoms with Crippen molar-refractivity contribution in [2.75, 3.05) is 26.9 Å². The Morgan fingerprint density at radius 3 is 2.52 bits per heavy atom. The van der Waals surface area contributed by atoms with Crippen LogP contribution in [0.2, 0.25) is 5.02 Å². The smallest absolute Gasteiger partial charge is 0.166 e. The van der Waals surface area contributed by atoms with Crippen LogP contribution >= 0.6 is 11.6 Å². The Kier molecular flexibility index (Phi) is 10.1. The molecule has 5 heteroatoms. The normalized spacial score (nSPS) is 10.8. The molecule has 2 aromatic rings. The first-order valence-electron chi connectivity index (χ1n) is 9.56. The fraction of sp³-hybridized carbons (Fsp3) is 0.455. The summed E-state index contributed by atoms with van der Waals surface area (Å²) < 4.78 is 17.1. The molecule has 0 spiro atoms. The van der Waals surface area contributed by atoms with Gasteiger partial charge in [-0.3, -0.25) is 0 Å². The average molecular weight is 392 g/mol. The van der Waals surface area contributed by atoms with Gasteiger partial charge in [-0.2, -0.15) is 0 Å². The molecule has 0 bridgehead atoms. The van der Waals surface area contributed by atoms with Crippen LogP contribution in [0.15, 0.2) is 42.5 Å². The molecule has 0 aliphatic rings. The number of halogens is 1. The number of hydrogen-bond donors (Lipinski definition) is 1. The van der Waals surface area contributed by atoms with Crippen LogP contribution in [0.4, 0.5) is 0 Å². The second-order valence-corrected chi connectivity index (χ2v) is 6.73. The maximum atomic E-state index is 6.23. The van der Waals surface area contributed by atoms with E-state index in [4.69, 9.17) is 25.8 Å². The number of rotatable bonds is 13. The maximum Gasteiger partial charge on any atom is 0.166 e. The summed E-state index contributed by atoms with van der Waals surface area (Å²) in [5, 5.41) is 4.16. The highest BCUT2D eigenvalue weighted by Gasteiger charge is 2.11. The van der Waals surface area contributed by atoms with Crippen molar-refractivity contribution in [1.82, 2.24) is 5.32 Å². The molecule has 0 radical (unpaired) electrons. The summed E-state index contributed by atoms with van der Waals surface area (Å²) in [4.78, 5) is 0. The van der Waals surface area contributed by atoms with Crippen molar-refractivity contribution in [3.05, 3.63) is 58.6 Å². The largest absolute Gasteiger partial charge is 0.493 e. The van der Waals surface area contributed by atoms with E-state index in [9.17, 15) is 0 Å². The third kappa shape index (κ3) is 7.41. The Bertz CT molecular complexity index is 678. The SMILES string of the molecule is CCCCOCCCNCc1cccc(OC)c1OCc1ccccc1Cl. The van der Waals surface area contributed by atoms with E-state index >= 15 is 0 Å². The van der Waals surface area contributed by atoms with Crippen molar-refractivity contribution in [1.29, 1.82) is 0 Å². The average Bonchev–Trinajstić information content (AvgIpc) is 2.69. The van der Waals surface area contributed by atoms with Gasteiger partial charge < -0.3 is 19.5 Å². The summed E-state index contributed by atoms with van der Waals surface area (Å²) in [6, 6.07) is 13.6. The molecule has 1 N–H and O–H groups in total. The van der Waals surface area contributed by atoms with Gasteiger partial charge in [0.25, 0.3) is 0 Å². The van der Waals surface area contributed by atoms with Gasteiger partial charge in [-0.05, 0) is 31.5 Å². The fourth-order valence-corrected chi connectivity index (χ4v) is 2.85. The van der Waals surface area contributed by atoms with Crippen molar-refractivity contribution in [3.63, 3.8) is 0 Å². The number of ether oxygens (including phenoxy) is 3. The molecule has 148 valence electrons. The van der Waals surface area contributed by atoms with Gasteiger partial charge >= 0.3 is 0 Å². The summed E-state index contributed by atoms with van der Waals surface area (Å²) in [7, 11) is 1.66. The Morgan fingerprint density at radius 1 is 0.963 bits per heavy atom. The molecule has 27 heavy (non-hydrogen) atoms. The zero-order valence-electron chi connectivity index (χ0n) is 16.3. The minimum atomic E-state index is 0.401. The molecular formula is C22H30ClNO3. The third-order valence-corrected chi connectivity index (χ3v) is 4.58. The molecule has 4 nitrogen and oxygen atoms in total. The number of benzene rings is 2. The molecule has 0 fully saturated rings. The minimum absolute atomic E-state index is 0.401. The predicted octanol–water partition coefficient (Wildman–Crippen LogP) is 5.22. The Balaban J connectivity index is 1.87. The predicted molar refractivity (Wildman–Crippen MR) is 111 cm³/mol. The van der Waals surface area contributed by atoms with Gasteiger partial charge in [0, 0.05) is 35.9 Å². The van der Waals surface area contributed by atoms with Crippen molar-refractivity contribution in [3.8, 4) is 11.5 Å². The highest BCUT2D eigenvalue weighted by atomic mass is 35.5. The van der Waals surface area contributed by atoms with Gasteiger partial charge in [-0.25, -0.2) is 0 Å². The standard InChI is InChI=1S/C22H30ClNO3/c1-3-4-14-26-15-8-13-24-16-18-10-7-12-21(25-2)22(18)27-17-19-9-5-6-11-20(19)23/h5-7,9-12,24H,3-4,8,13-17H2,1-2H3. The second kappa shape index (κ2) is 12.6. The van der Waals surface area contributed by atoms with Gasteiger partial charge in [-0.15, -0.1) is 0 Å². The summed E-state index contributed by atoms with van der Waals surface area (Å²) in [6.45, 7) is 5.83. The van der Waals surface area contributed by atoms with Crippen LogP contribution in [0.1, 0.15) is 37.3 Å². The van der Waals surface area contributed by atoms with Crippen LogP contribution < -0.4 is 14.8 Å². The summed E-state index contributed by atoms with van der Waals surface area (Å²) in [5.41, 5.74) is 2.02. The van der Waals surface area contributed by atoms with E-state index < -0.39 is 0 Å². The van der Waals surface area contributed by atoms with Crippen LogP contribution in [0.5, 0.6) is 11.5 Å². The summed E-state index contributed by atoms with van der Waals surface area (Å²) in [6.07, 6.45) is 3.29. The molecule has 2 aromatic carbocycles. The van der Waals surface area contributed by atoms with Gasteiger partial charge in [-0.1, -0.05) is 55.3 Å². The molecular weight excluding hydrogens is 362 g/mol.